The smallest absolute Gasteiger partial charge is 0.229 e. The van der Waals surface area contributed by atoms with Crippen molar-refractivity contribution >= 4 is 5.91 Å². The van der Waals surface area contributed by atoms with Crippen LogP contribution >= 0.6 is 0 Å². The first-order valence-corrected chi connectivity index (χ1v) is 4.47. The highest BCUT2D eigenvalue weighted by Crippen LogP contribution is 2.25. The summed E-state index contributed by atoms with van der Waals surface area (Å²) < 4.78 is 13.4. The van der Waals surface area contributed by atoms with E-state index in [4.69, 9.17) is 0 Å². The van der Waals surface area contributed by atoms with Crippen LogP contribution in [0.4, 0.5) is 4.39 Å². The maximum atomic E-state index is 13.4. The summed E-state index contributed by atoms with van der Waals surface area (Å²) in [5.41, 5.74) is -0.417. The van der Waals surface area contributed by atoms with Crippen molar-refractivity contribution in [2.45, 2.75) is 19.3 Å². The molecule has 0 saturated carbocycles. The van der Waals surface area contributed by atoms with Gasteiger partial charge in [-0.05, 0) is 19.9 Å². The molecule has 0 atom stereocenters. The summed E-state index contributed by atoms with van der Waals surface area (Å²) >= 11 is 0. The van der Waals surface area contributed by atoms with Gasteiger partial charge < -0.3 is 5.32 Å². The Kier molecular flexibility index (Phi) is 2.89. The fourth-order valence-corrected chi connectivity index (χ4v) is 1.40. The minimum Gasteiger partial charge on any atom is -0.358 e. The molecule has 1 N–H and O–H groups in total. The monoisotopic (exact) mass is 195 g/mol. The van der Waals surface area contributed by atoms with E-state index in [0.717, 1.165) is 0 Å². The lowest BCUT2D eigenvalue weighted by Crippen LogP contribution is -2.38. The molecule has 0 fully saturated rings. The highest BCUT2D eigenvalue weighted by atomic mass is 19.1. The van der Waals surface area contributed by atoms with Crippen LogP contribution in [0.25, 0.3) is 0 Å². The fourth-order valence-electron chi connectivity index (χ4n) is 1.40. The summed E-state index contributed by atoms with van der Waals surface area (Å²) in [5.74, 6) is -0.538. The Balaban J connectivity index is 3.16. The molecule has 0 aromatic heterocycles. The fraction of sp³-hybridized carbons (Fsp3) is 0.364. The number of nitrogens with one attached hydrogen (secondary N) is 1. The molecule has 0 aliphatic rings. The van der Waals surface area contributed by atoms with E-state index in [9.17, 15) is 9.18 Å². The third kappa shape index (κ3) is 1.76. The van der Waals surface area contributed by atoms with Gasteiger partial charge in [-0.3, -0.25) is 4.79 Å². The molecule has 1 amide bonds. The Hall–Kier alpha value is -1.38. The summed E-state index contributed by atoms with van der Waals surface area (Å²) in [6, 6.07) is 6.33. The van der Waals surface area contributed by atoms with Crippen LogP contribution in [-0.2, 0) is 10.2 Å². The Morgan fingerprint density at radius 1 is 1.36 bits per heavy atom. The molecular formula is C11H14FNO. The lowest BCUT2D eigenvalue weighted by molar-refractivity contribution is -0.125. The molecule has 0 aliphatic heterocycles. The number of benzene rings is 1. The first-order valence-electron chi connectivity index (χ1n) is 4.47. The van der Waals surface area contributed by atoms with Crippen LogP contribution in [0.5, 0.6) is 0 Å². The molecule has 3 heteroatoms. The van der Waals surface area contributed by atoms with Crippen LogP contribution in [0.15, 0.2) is 24.3 Å². The SMILES string of the molecule is CNC(=O)C(C)(C)c1ccccc1F. The second-order valence-corrected chi connectivity index (χ2v) is 3.68. The zero-order chi connectivity index (χ0) is 10.8. The molecule has 0 aliphatic carbocycles. The predicted molar refractivity (Wildman–Crippen MR) is 53.5 cm³/mol. The second kappa shape index (κ2) is 3.78. The number of carbonyl (C=O) groups is 1. The van der Waals surface area contributed by atoms with Crippen LogP contribution in [0.2, 0.25) is 0 Å². The first-order chi connectivity index (χ1) is 6.50. The molecule has 0 heterocycles. The van der Waals surface area contributed by atoms with Gasteiger partial charge in [0.2, 0.25) is 5.91 Å². The van der Waals surface area contributed by atoms with Crippen molar-refractivity contribution in [3.63, 3.8) is 0 Å². The van der Waals surface area contributed by atoms with Crippen LogP contribution in [0, 0.1) is 5.82 Å². The van der Waals surface area contributed by atoms with Crippen LogP contribution in [0.1, 0.15) is 19.4 Å². The molecule has 1 aromatic rings. The van der Waals surface area contributed by atoms with Crippen molar-refractivity contribution in [3.05, 3.63) is 35.6 Å². The number of halogens is 1. The predicted octanol–water partition coefficient (Wildman–Crippen LogP) is 1.85. The van der Waals surface area contributed by atoms with Gasteiger partial charge in [0, 0.05) is 12.6 Å². The molecule has 1 rings (SSSR count). The average Bonchev–Trinajstić information content (AvgIpc) is 2.17. The van der Waals surface area contributed by atoms with Crippen LogP contribution in [0.3, 0.4) is 0 Å². The van der Waals surface area contributed by atoms with E-state index >= 15 is 0 Å². The largest absolute Gasteiger partial charge is 0.358 e. The Morgan fingerprint density at radius 3 is 2.43 bits per heavy atom. The van der Waals surface area contributed by atoms with Crippen molar-refractivity contribution in [1.82, 2.24) is 5.32 Å². The second-order valence-electron chi connectivity index (χ2n) is 3.68. The van der Waals surface area contributed by atoms with E-state index < -0.39 is 5.41 Å². The van der Waals surface area contributed by atoms with Crippen molar-refractivity contribution in [2.75, 3.05) is 7.05 Å². The van der Waals surface area contributed by atoms with Gasteiger partial charge in [-0.25, -0.2) is 4.39 Å². The minimum absolute atomic E-state index is 0.192. The van der Waals surface area contributed by atoms with Gasteiger partial charge in [-0.15, -0.1) is 0 Å². The summed E-state index contributed by atoms with van der Waals surface area (Å²) in [6.45, 7) is 3.40. The van der Waals surface area contributed by atoms with Gasteiger partial charge in [-0.2, -0.15) is 0 Å². The van der Waals surface area contributed by atoms with Crippen LogP contribution in [-0.4, -0.2) is 13.0 Å². The summed E-state index contributed by atoms with van der Waals surface area (Å²) in [6.07, 6.45) is 0. The molecule has 1 aromatic carbocycles. The van der Waals surface area contributed by atoms with Crippen molar-refractivity contribution < 1.29 is 9.18 Å². The lowest BCUT2D eigenvalue weighted by atomic mass is 9.83. The zero-order valence-corrected chi connectivity index (χ0v) is 8.60. The van der Waals surface area contributed by atoms with E-state index in [2.05, 4.69) is 5.32 Å². The molecular weight excluding hydrogens is 181 g/mol. The van der Waals surface area contributed by atoms with Gasteiger partial charge in [0.15, 0.2) is 0 Å². The maximum absolute atomic E-state index is 13.4. The normalized spacial score (nSPS) is 11.1. The maximum Gasteiger partial charge on any atom is 0.229 e. The van der Waals surface area contributed by atoms with E-state index in [0.29, 0.717) is 5.56 Å². The Labute approximate surface area is 83.1 Å². The molecule has 0 radical (unpaired) electrons. The number of likely N-dealkylation sites (N-methyl/N-ethyl adjacent to an activating group) is 1. The van der Waals surface area contributed by atoms with Crippen molar-refractivity contribution in [1.29, 1.82) is 0 Å². The lowest BCUT2D eigenvalue weighted by Gasteiger charge is -2.23. The standard InChI is InChI=1S/C11H14FNO/c1-11(2,10(14)13-3)8-6-4-5-7-9(8)12/h4-7H,1-3H3,(H,13,14). The third-order valence-corrected chi connectivity index (χ3v) is 2.34. The zero-order valence-electron chi connectivity index (χ0n) is 8.60. The average molecular weight is 195 g/mol. The summed E-state index contributed by atoms with van der Waals surface area (Å²) in [5, 5.41) is 2.53. The van der Waals surface area contributed by atoms with Crippen LogP contribution < -0.4 is 5.32 Å². The number of amides is 1. The van der Waals surface area contributed by atoms with E-state index in [1.54, 1.807) is 39.1 Å². The number of hydrogen-bond acceptors (Lipinski definition) is 1. The minimum atomic E-state index is -0.833. The van der Waals surface area contributed by atoms with E-state index in [-0.39, 0.29) is 11.7 Å². The number of rotatable bonds is 2. The summed E-state index contributed by atoms with van der Waals surface area (Å²) in [7, 11) is 1.55. The highest BCUT2D eigenvalue weighted by Gasteiger charge is 2.31. The topological polar surface area (TPSA) is 29.1 Å². The molecule has 0 unspecified atom stereocenters. The van der Waals surface area contributed by atoms with Gasteiger partial charge in [0.05, 0.1) is 5.41 Å². The quantitative estimate of drug-likeness (QED) is 0.766. The first kappa shape index (κ1) is 10.7. The molecule has 0 bridgehead atoms. The van der Waals surface area contributed by atoms with E-state index in [1.807, 2.05) is 0 Å². The third-order valence-electron chi connectivity index (χ3n) is 2.34. The van der Waals surface area contributed by atoms with Crippen molar-refractivity contribution in [2.24, 2.45) is 0 Å². The van der Waals surface area contributed by atoms with Gasteiger partial charge in [0.25, 0.3) is 0 Å². The molecule has 0 saturated heterocycles. The molecule has 76 valence electrons. The Morgan fingerprint density at radius 2 is 1.93 bits per heavy atom. The van der Waals surface area contributed by atoms with Gasteiger partial charge >= 0.3 is 0 Å². The molecule has 2 nitrogen and oxygen atoms in total. The van der Waals surface area contributed by atoms with Gasteiger partial charge in [0.1, 0.15) is 5.82 Å². The number of carbonyl (C=O) groups excluding carboxylic acids is 1. The molecule has 0 spiro atoms. The van der Waals surface area contributed by atoms with Crippen molar-refractivity contribution in [3.8, 4) is 0 Å². The summed E-state index contributed by atoms with van der Waals surface area (Å²) in [4.78, 5) is 11.5. The molecule has 14 heavy (non-hydrogen) atoms. The van der Waals surface area contributed by atoms with E-state index in [1.165, 1.54) is 6.07 Å². The highest BCUT2D eigenvalue weighted by molar-refractivity contribution is 5.87. The Bertz CT molecular complexity index is 347. The number of hydrogen-bond donors (Lipinski definition) is 1. The van der Waals surface area contributed by atoms with Gasteiger partial charge in [-0.1, -0.05) is 18.2 Å².